The highest BCUT2D eigenvalue weighted by atomic mass is 32.2. The minimum absolute atomic E-state index is 0.00759. The number of hydrogen-bond donors (Lipinski definition) is 2. The number of benzene rings is 2. The molecule has 7 atom stereocenters. The fourth-order valence-electron chi connectivity index (χ4n) is 5.85. The van der Waals surface area contributed by atoms with E-state index in [1.807, 2.05) is 34.6 Å². The summed E-state index contributed by atoms with van der Waals surface area (Å²) in [6.07, 6.45) is -0.324. The van der Waals surface area contributed by atoms with E-state index in [2.05, 4.69) is 17.1 Å². The first kappa shape index (κ1) is 30.1. The molecule has 2 aromatic rings. The van der Waals surface area contributed by atoms with Crippen molar-refractivity contribution in [3.8, 4) is 5.75 Å². The molecule has 3 saturated heterocycles. The highest BCUT2D eigenvalue weighted by Gasteiger charge is 2.44. The van der Waals surface area contributed by atoms with E-state index >= 15 is 0 Å². The van der Waals surface area contributed by atoms with Crippen molar-refractivity contribution in [1.82, 2.24) is 14.5 Å². The molecule has 0 spiro atoms. The minimum Gasteiger partial charge on any atom is -0.593 e. The maximum atomic E-state index is 13.9. The van der Waals surface area contributed by atoms with Crippen molar-refractivity contribution in [2.75, 3.05) is 46.5 Å². The Bertz CT molecular complexity index is 1110. The third-order valence-corrected chi connectivity index (χ3v) is 9.80. The predicted molar refractivity (Wildman–Crippen MR) is 154 cm³/mol. The van der Waals surface area contributed by atoms with Gasteiger partial charge in [-0.25, -0.2) is 4.79 Å². The number of aliphatic hydroxyl groups excluding tert-OH is 1. The Morgan fingerprint density at radius 2 is 1.98 bits per heavy atom. The molecule has 0 aromatic heterocycles. The first-order chi connectivity index (χ1) is 19.9. The summed E-state index contributed by atoms with van der Waals surface area (Å²) >= 11 is -1.52. The number of fused-ring (bicyclic) bond motifs is 1. The third-order valence-electron chi connectivity index (χ3n) is 8.25. The summed E-state index contributed by atoms with van der Waals surface area (Å²) in [5.41, 5.74) is 0.964. The summed E-state index contributed by atoms with van der Waals surface area (Å²) in [5, 5.41) is 14.6. The Morgan fingerprint density at radius 1 is 1.20 bits per heavy atom. The van der Waals surface area contributed by atoms with Crippen molar-refractivity contribution in [2.45, 2.75) is 61.7 Å². The number of hydrogen-bond acceptors (Lipinski definition) is 9. The zero-order chi connectivity index (χ0) is 28.8. The summed E-state index contributed by atoms with van der Waals surface area (Å²) in [5.74, 6) is 0.702. The van der Waals surface area contributed by atoms with Crippen LogP contribution in [-0.4, -0.2) is 102 Å². The Kier molecular flexibility index (Phi) is 10.4. The molecule has 10 nitrogen and oxygen atoms in total. The van der Waals surface area contributed by atoms with Gasteiger partial charge in [0.05, 0.1) is 62.3 Å². The molecule has 2 unspecified atom stereocenters. The van der Waals surface area contributed by atoms with Gasteiger partial charge in [0.25, 0.3) is 0 Å². The Morgan fingerprint density at radius 3 is 2.68 bits per heavy atom. The molecule has 11 heteroatoms. The van der Waals surface area contributed by atoms with Gasteiger partial charge in [-0.2, -0.15) is 0 Å². The second kappa shape index (κ2) is 14.2. The van der Waals surface area contributed by atoms with Gasteiger partial charge in [0, 0.05) is 6.54 Å². The van der Waals surface area contributed by atoms with E-state index in [9.17, 15) is 14.5 Å². The maximum Gasteiger partial charge on any atom is 0.407 e. The van der Waals surface area contributed by atoms with E-state index < -0.39 is 35.7 Å². The number of nitrogens with one attached hydrogen (secondary N) is 1. The predicted octanol–water partition coefficient (Wildman–Crippen LogP) is 2.57. The van der Waals surface area contributed by atoms with Crippen LogP contribution in [0.5, 0.6) is 5.75 Å². The van der Waals surface area contributed by atoms with Crippen LogP contribution >= 0.6 is 0 Å². The van der Waals surface area contributed by atoms with E-state index in [-0.39, 0.29) is 24.8 Å². The third kappa shape index (κ3) is 7.53. The molecule has 2 aromatic carbocycles. The van der Waals surface area contributed by atoms with Crippen LogP contribution in [0.4, 0.5) is 4.79 Å². The minimum atomic E-state index is -1.52. The molecule has 1 amide bonds. The summed E-state index contributed by atoms with van der Waals surface area (Å²) in [6, 6.07) is 16.2. The molecular formula is C30H41N3O7S. The highest BCUT2D eigenvalue weighted by Crippen LogP contribution is 2.33. The van der Waals surface area contributed by atoms with E-state index in [1.165, 1.54) is 0 Å². The number of rotatable bonds is 12. The lowest BCUT2D eigenvalue weighted by atomic mass is 10.0. The lowest BCUT2D eigenvalue weighted by Crippen LogP contribution is -2.53. The highest BCUT2D eigenvalue weighted by molar-refractivity contribution is 7.89. The number of nitrogens with zero attached hydrogens (tertiary/aromatic N) is 2. The zero-order valence-corrected chi connectivity index (χ0v) is 24.5. The monoisotopic (exact) mass is 587 g/mol. The van der Waals surface area contributed by atoms with Crippen molar-refractivity contribution < 1.29 is 33.4 Å². The molecule has 3 heterocycles. The van der Waals surface area contributed by atoms with Gasteiger partial charge in [-0.05, 0) is 62.2 Å². The van der Waals surface area contributed by atoms with Crippen LogP contribution < -0.4 is 10.1 Å². The number of amides is 1. The summed E-state index contributed by atoms with van der Waals surface area (Å²) in [7, 11) is 1.59. The molecule has 3 aliphatic heterocycles. The molecule has 41 heavy (non-hydrogen) atoms. The fourth-order valence-corrected chi connectivity index (χ4v) is 7.22. The van der Waals surface area contributed by atoms with Gasteiger partial charge in [-0.3, -0.25) is 0 Å². The molecule has 224 valence electrons. The van der Waals surface area contributed by atoms with Crippen LogP contribution in [0.1, 0.15) is 25.3 Å². The number of alkyl carbamates (subject to hydrolysis) is 1. The van der Waals surface area contributed by atoms with Gasteiger partial charge in [-0.15, -0.1) is 4.31 Å². The second-order valence-corrected chi connectivity index (χ2v) is 12.3. The van der Waals surface area contributed by atoms with E-state index in [1.54, 1.807) is 31.4 Å². The number of methoxy groups -OCH3 is 1. The SMILES string of the molecule is CCN1CCC(N(C[C@@H](O)[C@H](Cc2ccccc2)NC(=O)O[C@H]2CO[C@H]3OCC[C@H]32)[S+]([O-])c2ccc(OC)cc2)C1. The van der Waals surface area contributed by atoms with Crippen LogP contribution in [-0.2, 0) is 32.0 Å². The Labute approximate surface area is 245 Å². The summed E-state index contributed by atoms with van der Waals surface area (Å²) in [6.45, 7) is 5.68. The van der Waals surface area contributed by atoms with E-state index in [4.69, 9.17) is 18.9 Å². The number of aliphatic hydroxyl groups is 1. The zero-order valence-electron chi connectivity index (χ0n) is 23.7. The summed E-state index contributed by atoms with van der Waals surface area (Å²) in [4.78, 5) is 16.0. The average Bonchev–Trinajstić information content (AvgIpc) is 3.75. The van der Waals surface area contributed by atoms with Gasteiger partial charge in [-0.1, -0.05) is 37.3 Å². The fraction of sp³-hybridized carbons (Fsp3) is 0.567. The Balaban J connectivity index is 1.32. The van der Waals surface area contributed by atoms with E-state index in [0.717, 1.165) is 38.0 Å². The van der Waals surface area contributed by atoms with Crippen molar-refractivity contribution in [3.05, 3.63) is 60.2 Å². The van der Waals surface area contributed by atoms with Gasteiger partial charge in [0.2, 0.25) is 0 Å². The molecule has 3 fully saturated rings. The topological polar surface area (TPSA) is 116 Å². The number of likely N-dealkylation sites (tertiary alicyclic amines) is 1. The molecule has 0 bridgehead atoms. The van der Waals surface area contributed by atoms with Crippen LogP contribution in [0.15, 0.2) is 59.5 Å². The molecule has 0 saturated carbocycles. The smallest absolute Gasteiger partial charge is 0.407 e. The van der Waals surface area contributed by atoms with Crippen LogP contribution in [0.3, 0.4) is 0 Å². The van der Waals surface area contributed by atoms with E-state index in [0.29, 0.717) is 30.3 Å². The number of likely N-dealkylation sites (N-methyl/N-ethyl adjacent to an activating group) is 1. The molecule has 3 aliphatic rings. The average molecular weight is 588 g/mol. The summed E-state index contributed by atoms with van der Waals surface area (Å²) < 4.78 is 38.0. The number of carbonyl (C=O) groups excluding carboxylic acids is 1. The van der Waals surface area contributed by atoms with Crippen molar-refractivity contribution in [1.29, 1.82) is 0 Å². The van der Waals surface area contributed by atoms with Crippen molar-refractivity contribution in [2.24, 2.45) is 5.92 Å². The lowest BCUT2D eigenvalue weighted by molar-refractivity contribution is -0.0907. The first-order valence-corrected chi connectivity index (χ1v) is 15.5. The van der Waals surface area contributed by atoms with Crippen molar-refractivity contribution >= 4 is 17.5 Å². The molecule has 0 radical (unpaired) electrons. The van der Waals surface area contributed by atoms with Crippen LogP contribution in [0, 0.1) is 5.92 Å². The molecule has 2 N–H and O–H groups in total. The van der Waals surface area contributed by atoms with Crippen LogP contribution in [0.25, 0.3) is 0 Å². The molecule has 0 aliphatic carbocycles. The molecular weight excluding hydrogens is 546 g/mol. The van der Waals surface area contributed by atoms with Gasteiger partial charge >= 0.3 is 6.09 Å². The normalized spacial score (nSPS) is 26.5. The van der Waals surface area contributed by atoms with Gasteiger partial charge in [0.1, 0.15) is 11.9 Å². The number of ether oxygens (including phenoxy) is 4. The van der Waals surface area contributed by atoms with Gasteiger partial charge in [0.15, 0.2) is 11.2 Å². The second-order valence-electron chi connectivity index (χ2n) is 10.8. The van der Waals surface area contributed by atoms with Crippen LogP contribution in [0.2, 0.25) is 0 Å². The number of carbonyl (C=O) groups is 1. The van der Waals surface area contributed by atoms with Crippen molar-refractivity contribution in [3.63, 3.8) is 0 Å². The lowest BCUT2D eigenvalue weighted by Gasteiger charge is -2.33. The largest absolute Gasteiger partial charge is 0.593 e. The first-order valence-electron chi connectivity index (χ1n) is 14.4. The standard InChI is InChI=1S/C30H41N3O7S/c1-3-32-15-13-22(18-32)33(41(36)24-11-9-23(37-2)10-12-24)19-27(34)26(17-21-7-5-4-6-8-21)31-30(35)40-28-20-39-29-25(28)14-16-38-29/h4-12,22,25-29,34H,3,13-20H2,1-2H3,(H,31,35)/t22?,25-,26-,27+,28-,29+,41?/m0/s1. The Hall–Kier alpha value is -2.38. The molecule has 5 rings (SSSR count). The van der Waals surface area contributed by atoms with Gasteiger partial charge < -0.3 is 38.8 Å². The maximum absolute atomic E-state index is 13.9. The quantitative estimate of drug-likeness (QED) is 0.362.